The van der Waals surface area contributed by atoms with Crippen LogP contribution in [0.3, 0.4) is 0 Å². The Morgan fingerprint density at radius 1 is 0.944 bits per heavy atom. The molecule has 0 bridgehead atoms. The molecule has 106 valence electrons. The van der Waals surface area contributed by atoms with E-state index in [0.29, 0.717) is 0 Å². The van der Waals surface area contributed by atoms with Crippen LogP contribution in [0.25, 0.3) is 0 Å². The molecular formula is C17H33N. The van der Waals surface area contributed by atoms with Gasteiger partial charge in [-0.3, -0.25) is 0 Å². The Balaban J connectivity index is 1.89. The minimum absolute atomic E-state index is 0.833. The highest BCUT2D eigenvalue weighted by Gasteiger charge is 2.22. The van der Waals surface area contributed by atoms with Gasteiger partial charge in [-0.25, -0.2) is 0 Å². The monoisotopic (exact) mass is 251 g/mol. The predicted molar refractivity (Wildman–Crippen MR) is 82.0 cm³/mol. The summed E-state index contributed by atoms with van der Waals surface area (Å²) in [6, 6.07) is 1.67. The number of hydrogen-bond acceptors (Lipinski definition) is 1. The van der Waals surface area contributed by atoms with Crippen LogP contribution in [0.15, 0.2) is 12.7 Å². The topological polar surface area (TPSA) is 12.0 Å². The van der Waals surface area contributed by atoms with E-state index in [9.17, 15) is 0 Å². The van der Waals surface area contributed by atoms with Gasteiger partial charge < -0.3 is 5.32 Å². The third kappa shape index (κ3) is 7.20. The summed E-state index contributed by atoms with van der Waals surface area (Å²) in [5.74, 6) is 0. The molecule has 2 atom stereocenters. The quantitative estimate of drug-likeness (QED) is 0.392. The maximum atomic E-state index is 3.82. The van der Waals surface area contributed by atoms with Crippen molar-refractivity contribution in [3.05, 3.63) is 12.7 Å². The zero-order valence-corrected chi connectivity index (χ0v) is 12.4. The molecule has 1 saturated heterocycles. The first-order valence-corrected chi connectivity index (χ1v) is 8.23. The van der Waals surface area contributed by atoms with Gasteiger partial charge >= 0.3 is 0 Å². The molecule has 0 amide bonds. The van der Waals surface area contributed by atoms with Crippen LogP contribution in [0.1, 0.15) is 84.0 Å². The fraction of sp³-hybridized carbons (Fsp3) is 0.882. The lowest BCUT2D eigenvalue weighted by atomic mass is 10.0. The molecule has 1 nitrogen and oxygen atoms in total. The van der Waals surface area contributed by atoms with E-state index in [2.05, 4.69) is 18.8 Å². The van der Waals surface area contributed by atoms with Crippen molar-refractivity contribution in [1.82, 2.24) is 5.32 Å². The molecule has 1 rings (SSSR count). The van der Waals surface area contributed by atoms with E-state index < -0.39 is 0 Å². The van der Waals surface area contributed by atoms with Crippen molar-refractivity contribution in [1.29, 1.82) is 0 Å². The van der Waals surface area contributed by atoms with Gasteiger partial charge in [0.15, 0.2) is 0 Å². The van der Waals surface area contributed by atoms with Crippen LogP contribution < -0.4 is 5.32 Å². The lowest BCUT2D eigenvalue weighted by molar-refractivity contribution is 0.460. The van der Waals surface area contributed by atoms with Gasteiger partial charge in [0.05, 0.1) is 0 Å². The summed E-state index contributed by atoms with van der Waals surface area (Å²) >= 11 is 0. The number of rotatable bonds is 11. The highest BCUT2D eigenvalue weighted by molar-refractivity contribution is 4.83. The van der Waals surface area contributed by atoms with Crippen LogP contribution in [-0.4, -0.2) is 12.1 Å². The maximum absolute atomic E-state index is 3.82. The van der Waals surface area contributed by atoms with E-state index >= 15 is 0 Å². The average molecular weight is 251 g/mol. The molecule has 1 heteroatoms. The van der Waals surface area contributed by atoms with Crippen LogP contribution in [0.5, 0.6) is 0 Å². The molecule has 0 aromatic carbocycles. The molecule has 1 N–H and O–H groups in total. The molecular weight excluding hydrogens is 218 g/mol. The molecule has 1 aliphatic rings. The lowest BCUT2D eigenvalue weighted by Gasteiger charge is -2.13. The van der Waals surface area contributed by atoms with Crippen molar-refractivity contribution in [2.24, 2.45) is 0 Å². The van der Waals surface area contributed by atoms with Gasteiger partial charge in [0.2, 0.25) is 0 Å². The van der Waals surface area contributed by atoms with E-state index in [0.717, 1.165) is 12.1 Å². The third-order valence-electron chi connectivity index (χ3n) is 4.20. The van der Waals surface area contributed by atoms with E-state index in [1.54, 1.807) is 0 Å². The van der Waals surface area contributed by atoms with Gasteiger partial charge in [-0.05, 0) is 38.5 Å². The second-order valence-corrected chi connectivity index (χ2v) is 5.91. The molecule has 2 unspecified atom stereocenters. The number of hydrogen-bond donors (Lipinski definition) is 1. The maximum Gasteiger partial charge on any atom is 0.00702 e. The van der Waals surface area contributed by atoms with Crippen LogP contribution in [0, 0.1) is 0 Å². The smallest absolute Gasteiger partial charge is 0.00702 e. The van der Waals surface area contributed by atoms with Crippen LogP contribution in [0.2, 0.25) is 0 Å². The van der Waals surface area contributed by atoms with Crippen molar-refractivity contribution in [3.8, 4) is 0 Å². The molecule has 1 fully saturated rings. The Morgan fingerprint density at radius 3 is 2.22 bits per heavy atom. The molecule has 0 spiro atoms. The largest absolute Gasteiger partial charge is 0.311 e. The van der Waals surface area contributed by atoms with Crippen molar-refractivity contribution in [2.75, 3.05) is 0 Å². The number of nitrogens with one attached hydrogen (secondary N) is 1. The van der Waals surface area contributed by atoms with Crippen molar-refractivity contribution in [3.63, 3.8) is 0 Å². The van der Waals surface area contributed by atoms with Gasteiger partial charge in [-0.15, -0.1) is 6.58 Å². The summed E-state index contributed by atoms with van der Waals surface area (Å²) in [7, 11) is 0. The number of allylic oxidation sites excluding steroid dienone is 1. The second kappa shape index (κ2) is 10.6. The normalized spacial score (nSPS) is 23.4. The lowest BCUT2D eigenvalue weighted by Crippen LogP contribution is -2.29. The zero-order chi connectivity index (χ0) is 13.1. The van der Waals surface area contributed by atoms with Crippen LogP contribution in [-0.2, 0) is 0 Å². The van der Waals surface area contributed by atoms with Crippen molar-refractivity contribution in [2.45, 2.75) is 96.1 Å². The fourth-order valence-corrected chi connectivity index (χ4v) is 3.02. The molecule has 0 aromatic heterocycles. The standard InChI is InChI=1S/C17H33N/c1-3-5-7-8-9-10-11-13-17-15-14-16(18-17)12-6-4-2/h3,16-18H,1,4-15H2,2H3. The molecule has 0 aliphatic carbocycles. The first kappa shape index (κ1) is 15.8. The van der Waals surface area contributed by atoms with E-state index in [1.165, 1.54) is 77.0 Å². The van der Waals surface area contributed by atoms with Gasteiger partial charge in [0, 0.05) is 12.1 Å². The molecule has 0 radical (unpaired) electrons. The van der Waals surface area contributed by atoms with Gasteiger partial charge in [0.1, 0.15) is 0 Å². The zero-order valence-electron chi connectivity index (χ0n) is 12.4. The first-order valence-electron chi connectivity index (χ1n) is 8.23. The summed E-state index contributed by atoms with van der Waals surface area (Å²) in [5.41, 5.74) is 0. The Labute approximate surface area is 114 Å². The Kier molecular flexibility index (Phi) is 9.28. The SMILES string of the molecule is C=CCCCCCCCC1CCC(CCCC)N1. The summed E-state index contributed by atoms with van der Waals surface area (Å²) in [6.45, 7) is 6.06. The Bertz CT molecular complexity index is 200. The highest BCUT2D eigenvalue weighted by Crippen LogP contribution is 2.21. The van der Waals surface area contributed by atoms with Crippen LogP contribution in [0.4, 0.5) is 0 Å². The third-order valence-corrected chi connectivity index (χ3v) is 4.20. The number of unbranched alkanes of at least 4 members (excludes halogenated alkanes) is 6. The van der Waals surface area contributed by atoms with E-state index in [-0.39, 0.29) is 0 Å². The summed E-state index contributed by atoms with van der Waals surface area (Å²) in [4.78, 5) is 0. The summed E-state index contributed by atoms with van der Waals surface area (Å²) < 4.78 is 0. The molecule has 18 heavy (non-hydrogen) atoms. The fourth-order valence-electron chi connectivity index (χ4n) is 3.02. The van der Waals surface area contributed by atoms with E-state index in [1.807, 2.05) is 6.08 Å². The molecule has 0 saturated carbocycles. The van der Waals surface area contributed by atoms with Crippen molar-refractivity contribution < 1.29 is 0 Å². The first-order chi connectivity index (χ1) is 8.86. The predicted octanol–water partition coefficient (Wildman–Crippen LogP) is 5.21. The van der Waals surface area contributed by atoms with Gasteiger partial charge in [-0.2, -0.15) is 0 Å². The molecule has 1 aliphatic heterocycles. The second-order valence-electron chi connectivity index (χ2n) is 5.91. The molecule has 0 aromatic rings. The highest BCUT2D eigenvalue weighted by atomic mass is 15.0. The Hall–Kier alpha value is -0.300. The summed E-state index contributed by atoms with van der Waals surface area (Å²) in [5, 5.41) is 3.82. The van der Waals surface area contributed by atoms with E-state index in [4.69, 9.17) is 0 Å². The Morgan fingerprint density at radius 2 is 1.56 bits per heavy atom. The van der Waals surface area contributed by atoms with Gasteiger partial charge in [0.25, 0.3) is 0 Å². The minimum Gasteiger partial charge on any atom is -0.311 e. The van der Waals surface area contributed by atoms with Crippen LogP contribution >= 0.6 is 0 Å². The van der Waals surface area contributed by atoms with Gasteiger partial charge in [-0.1, -0.05) is 51.5 Å². The van der Waals surface area contributed by atoms with Crippen molar-refractivity contribution >= 4 is 0 Å². The minimum atomic E-state index is 0.833. The molecule has 1 heterocycles. The summed E-state index contributed by atoms with van der Waals surface area (Å²) in [6.07, 6.45) is 18.6. The average Bonchev–Trinajstić information content (AvgIpc) is 2.83.